The average Bonchev–Trinajstić information content (AvgIpc) is 2.29. The lowest BCUT2D eigenvalue weighted by atomic mass is 9.98. The van der Waals surface area contributed by atoms with Gasteiger partial charge in [0, 0.05) is 13.1 Å². The Kier molecular flexibility index (Phi) is 4.59. The van der Waals surface area contributed by atoms with Gasteiger partial charge in [-0.05, 0) is 32.1 Å². The molecule has 16 heavy (non-hydrogen) atoms. The molecule has 1 rings (SSSR count). The first-order valence-corrected chi connectivity index (χ1v) is 6.18. The van der Waals surface area contributed by atoms with Gasteiger partial charge in [-0.3, -0.25) is 0 Å². The van der Waals surface area contributed by atoms with Crippen molar-refractivity contribution >= 4 is 6.03 Å². The number of carbonyl (C=O) groups is 1. The fourth-order valence-corrected chi connectivity index (χ4v) is 1.79. The lowest BCUT2D eigenvalue weighted by Gasteiger charge is -2.35. The molecule has 1 atom stereocenters. The summed E-state index contributed by atoms with van der Waals surface area (Å²) < 4.78 is 0. The van der Waals surface area contributed by atoms with Crippen molar-refractivity contribution in [1.29, 1.82) is 0 Å². The fourth-order valence-electron chi connectivity index (χ4n) is 1.79. The molecule has 2 amide bonds. The van der Waals surface area contributed by atoms with Crippen molar-refractivity contribution in [3.8, 4) is 0 Å². The molecule has 2 N–H and O–H groups in total. The highest BCUT2D eigenvalue weighted by Crippen LogP contribution is 2.17. The Hall–Kier alpha value is -0.770. The van der Waals surface area contributed by atoms with Crippen LogP contribution in [0.25, 0.3) is 0 Å². The predicted molar refractivity (Wildman–Crippen MR) is 64.3 cm³/mol. The smallest absolute Gasteiger partial charge is 0.317 e. The first kappa shape index (κ1) is 13.3. The van der Waals surface area contributed by atoms with E-state index in [1.165, 1.54) is 0 Å². The summed E-state index contributed by atoms with van der Waals surface area (Å²) in [6.45, 7) is 7.71. The van der Waals surface area contributed by atoms with E-state index in [-0.39, 0.29) is 12.6 Å². The van der Waals surface area contributed by atoms with E-state index in [2.05, 4.69) is 12.2 Å². The number of aliphatic hydroxyl groups excluding tert-OH is 1. The molecule has 1 aliphatic heterocycles. The maximum atomic E-state index is 11.9. The number of carbonyl (C=O) groups excluding carboxylic acids is 1. The van der Waals surface area contributed by atoms with Gasteiger partial charge in [0.25, 0.3) is 0 Å². The molecular weight excluding hydrogens is 204 g/mol. The van der Waals surface area contributed by atoms with E-state index in [1.807, 2.05) is 18.7 Å². The molecule has 0 radical (unpaired) electrons. The number of nitrogens with one attached hydrogen (secondary N) is 1. The zero-order valence-corrected chi connectivity index (χ0v) is 10.6. The zero-order valence-electron chi connectivity index (χ0n) is 10.6. The van der Waals surface area contributed by atoms with Crippen LogP contribution in [-0.2, 0) is 0 Å². The Labute approximate surface area is 98.0 Å². The highest BCUT2D eigenvalue weighted by atomic mass is 16.3. The van der Waals surface area contributed by atoms with Crippen LogP contribution in [0.4, 0.5) is 4.79 Å². The Balaban J connectivity index is 2.46. The van der Waals surface area contributed by atoms with Gasteiger partial charge in [0.05, 0.1) is 12.1 Å². The lowest BCUT2D eigenvalue weighted by molar-refractivity contribution is 0.137. The molecule has 0 saturated carbocycles. The van der Waals surface area contributed by atoms with Gasteiger partial charge in [-0.25, -0.2) is 4.79 Å². The molecule has 0 spiro atoms. The highest BCUT2D eigenvalue weighted by molar-refractivity contribution is 5.75. The Morgan fingerprint density at radius 3 is 2.50 bits per heavy atom. The van der Waals surface area contributed by atoms with Gasteiger partial charge in [-0.2, -0.15) is 0 Å². The third-order valence-corrected chi connectivity index (χ3v) is 3.61. The monoisotopic (exact) mass is 228 g/mol. The van der Waals surface area contributed by atoms with Gasteiger partial charge in [0.2, 0.25) is 0 Å². The van der Waals surface area contributed by atoms with Gasteiger partial charge in [-0.1, -0.05) is 13.8 Å². The van der Waals surface area contributed by atoms with Gasteiger partial charge >= 0.3 is 6.03 Å². The number of hydrogen-bond acceptors (Lipinski definition) is 2. The second kappa shape index (κ2) is 5.53. The van der Waals surface area contributed by atoms with Crippen molar-refractivity contribution in [1.82, 2.24) is 10.2 Å². The number of urea groups is 1. The third-order valence-electron chi connectivity index (χ3n) is 3.61. The number of hydrogen-bond donors (Lipinski definition) is 2. The van der Waals surface area contributed by atoms with E-state index in [0.717, 1.165) is 38.3 Å². The standard InChI is InChI=1S/C12H24N2O2/c1-4-12(3,9-15)13-11(16)14-7-5-10(2)6-8-14/h10,15H,4-9H2,1-3H3,(H,13,16). The molecule has 0 bridgehead atoms. The number of nitrogens with zero attached hydrogens (tertiary/aromatic N) is 1. The summed E-state index contributed by atoms with van der Waals surface area (Å²) in [4.78, 5) is 13.8. The molecule has 1 unspecified atom stereocenters. The predicted octanol–water partition coefficient (Wildman–Crippen LogP) is 1.59. The summed E-state index contributed by atoms with van der Waals surface area (Å²) >= 11 is 0. The number of likely N-dealkylation sites (tertiary alicyclic amines) is 1. The van der Waals surface area contributed by atoms with Gasteiger partial charge in [-0.15, -0.1) is 0 Å². The van der Waals surface area contributed by atoms with Crippen LogP contribution in [0.2, 0.25) is 0 Å². The highest BCUT2D eigenvalue weighted by Gasteiger charge is 2.27. The van der Waals surface area contributed by atoms with Crippen LogP contribution in [0, 0.1) is 5.92 Å². The van der Waals surface area contributed by atoms with E-state index in [0.29, 0.717) is 0 Å². The second-order valence-corrected chi connectivity index (χ2v) is 5.17. The first-order chi connectivity index (χ1) is 7.50. The minimum atomic E-state index is -0.486. The number of piperidine rings is 1. The second-order valence-electron chi connectivity index (χ2n) is 5.17. The molecule has 0 aliphatic carbocycles. The summed E-state index contributed by atoms with van der Waals surface area (Å²) in [7, 11) is 0. The maximum absolute atomic E-state index is 11.9. The van der Waals surface area contributed by atoms with Crippen LogP contribution in [-0.4, -0.2) is 41.3 Å². The fraction of sp³-hybridized carbons (Fsp3) is 0.917. The molecule has 94 valence electrons. The van der Waals surface area contributed by atoms with Crippen molar-refractivity contribution in [3.63, 3.8) is 0 Å². The first-order valence-electron chi connectivity index (χ1n) is 6.18. The summed E-state index contributed by atoms with van der Waals surface area (Å²) in [5.41, 5.74) is -0.486. The third kappa shape index (κ3) is 3.37. The van der Waals surface area contributed by atoms with Crippen LogP contribution in [0.3, 0.4) is 0 Å². The number of amides is 2. The van der Waals surface area contributed by atoms with Crippen molar-refractivity contribution < 1.29 is 9.90 Å². The molecule has 0 aromatic heterocycles. The molecular formula is C12H24N2O2. The van der Waals surface area contributed by atoms with Crippen LogP contribution in [0.5, 0.6) is 0 Å². The van der Waals surface area contributed by atoms with Crippen molar-refractivity contribution in [3.05, 3.63) is 0 Å². The minimum Gasteiger partial charge on any atom is -0.394 e. The molecule has 0 aromatic rings. The van der Waals surface area contributed by atoms with Crippen molar-refractivity contribution in [2.75, 3.05) is 19.7 Å². The topological polar surface area (TPSA) is 52.6 Å². The zero-order chi connectivity index (χ0) is 12.2. The van der Waals surface area contributed by atoms with Gasteiger partial charge in [0.15, 0.2) is 0 Å². The Morgan fingerprint density at radius 2 is 2.06 bits per heavy atom. The van der Waals surface area contributed by atoms with Gasteiger partial charge in [0.1, 0.15) is 0 Å². The Bertz CT molecular complexity index is 231. The average molecular weight is 228 g/mol. The Morgan fingerprint density at radius 1 is 1.50 bits per heavy atom. The molecule has 0 aromatic carbocycles. The van der Waals surface area contributed by atoms with E-state index < -0.39 is 5.54 Å². The summed E-state index contributed by atoms with van der Waals surface area (Å²) in [5.74, 6) is 0.722. The normalized spacial score (nSPS) is 21.6. The number of aliphatic hydroxyl groups is 1. The molecule has 1 fully saturated rings. The lowest BCUT2D eigenvalue weighted by Crippen LogP contribution is -2.54. The van der Waals surface area contributed by atoms with Crippen LogP contribution >= 0.6 is 0 Å². The van der Waals surface area contributed by atoms with Crippen molar-refractivity contribution in [2.24, 2.45) is 5.92 Å². The van der Waals surface area contributed by atoms with Crippen LogP contribution in [0.15, 0.2) is 0 Å². The quantitative estimate of drug-likeness (QED) is 0.770. The maximum Gasteiger partial charge on any atom is 0.317 e. The summed E-state index contributed by atoms with van der Waals surface area (Å²) in [6, 6.07) is -0.0368. The van der Waals surface area contributed by atoms with E-state index in [9.17, 15) is 9.90 Å². The van der Waals surface area contributed by atoms with E-state index in [4.69, 9.17) is 0 Å². The van der Waals surface area contributed by atoms with Crippen LogP contribution in [0.1, 0.15) is 40.0 Å². The largest absolute Gasteiger partial charge is 0.394 e. The number of rotatable bonds is 3. The SMILES string of the molecule is CCC(C)(CO)NC(=O)N1CCC(C)CC1. The van der Waals surface area contributed by atoms with Crippen LogP contribution < -0.4 is 5.32 Å². The molecule has 4 heteroatoms. The van der Waals surface area contributed by atoms with Gasteiger partial charge < -0.3 is 15.3 Å². The van der Waals surface area contributed by atoms with Crippen molar-refractivity contribution in [2.45, 2.75) is 45.6 Å². The minimum absolute atomic E-state index is 0.0144. The molecule has 1 saturated heterocycles. The summed E-state index contributed by atoms with van der Waals surface area (Å²) in [5, 5.41) is 12.2. The molecule has 4 nitrogen and oxygen atoms in total. The molecule has 1 heterocycles. The van der Waals surface area contributed by atoms with E-state index >= 15 is 0 Å². The molecule has 1 aliphatic rings. The summed E-state index contributed by atoms with van der Waals surface area (Å²) in [6.07, 6.45) is 2.89. The van der Waals surface area contributed by atoms with E-state index in [1.54, 1.807) is 0 Å².